The maximum atomic E-state index is 9.41. The molecule has 0 bridgehead atoms. The predicted octanol–water partition coefficient (Wildman–Crippen LogP) is 1.09. The highest BCUT2D eigenvalue weighted by Gasteiger charge is 2.05. The van der Waals surface area contributed by atoms with E-state index in [0.29, 0.717) is 5.75 Å². The van der Waals surface area contributed by atoms with Crippen LogP contribution in [0, 0.1) is 0 Å². The molecule has 3 N–H and O–H groups in total. The number of rotatable bonds is 6. The van der Waals surface area contributed by atoms with Crippen molar-refractivity contribution in [1.29, 1.82) is 0 Å². The zero-order valence-corrected chi connectivity index (χ0v) is 9.72. The van der Waals surface area contributed by atoms with Gasteiger partial charge in [-0.05, 0) is 24.6 Å². The van der Waals surface area contributed by atoms with E-state index < -0.39 is 6.10 Å². The average Bonchev–Trinajstić information content (AvgIpc) is 2.27. The Morgan fingerprint density at radius 2 is 2.12 bits per heavy atom. The molecule has 0 saturated heterocycles. The van der Waals surface area contributed by atoms with Crippen LogP contribution in [0.5, 0.6) is 5.75 Å². The first-order chi connectivity index (χ1) is 7.63. The fraction of sp³-hybridized carbons (Fsp3) is 0.500. The van der Waals surface area contributed by atoms with Gasteiger partial charge in [-0.1, -0.05) is 12.1 Å². The van der Waals surface area contributed by atoms with E-state index in [1.807, 2.05) is 31.2 Å². The van der Waals surface area contributed by atoms with Crippen LogP contribution in [0.3, 0.4) is 0 Å². The SMILES string of the molecule is COCC(O)COc1cccc([C@@H](C)N)c1. The minimum absolute atomic E-state index is 0.0209. The number of hydrogen-bond donors (Lipinski definition) is 2. The van der Waals surface area contributed by atoms with Crippen molar-refractivity contribution in [2.75, 3.05) is 20.3 Å². The smallest absolute Gasteiger partial charge is 0.119 e. The van der Waals surface area contributed by atoms with Crippen molar-refractivity contribution in [3.05, 3.63) is 29.8 Å². The van der Waals surface area contributed by atoms with Crippen molar-refractivity contribution in [2.24, 2.45) is 5.73 Å². The van der Waals surface area contributed by atoms with Gasteiger partial charge in [0.05, 0.1) is 6.61 Å². The normalized spacial score (nSPS) is 14.5. The summed E-state index contributed by atoms with van der Waals surface area (Å²) >= 11 is 0. The van der Waals surface area contributed by atoms with E-state index in [0.717, 1.165) is 5.56 Å². The van der Waals surface area contributed by atoms with Gasteiger partial charge in [0.15, 0.2) is 0 Å². The Hall–Kier alpha value is -1.10. The Morgan fingerprint density at radius 1 is 1.38 bits per heavy atom. The molecule has 0 aliphatic heterocycles. The summed E-state index contributed by atoms with van der Waals surface area (Å²) in [5.74, 6) is 0.713. The molecule has 4 heteroatoms. The summed E-state index contributed by atoms with van der Waals surface area (Å²) in [6, 6.07) is 7.53. The lowest BCUT2D eigenvalue weighted by Crippen LogP contribution is -2.22. The van der Waals surface area contributed by atoms with E-state index in [1.54, 1.807) is 7.11 Å². The van der Waals surface area contributed by atoms with E-state index in [-0.39, 0.29) is 19.3 Å². The van der Waals surface area contributed by atoms with Gasteiger partial charge in [0.2, 0.25) is 0 Å². The fourth-order valence-electron chi connectivity index (χ4n) is 1.32. The highest BCUT2D eigenvalue weighted by atomic mass is 16.5. The zero-order valence-electron chi connectivity index (χ0n) is 9.72. The van der Waals surface area contributed by atoms with Crippen LogP contribution in [0.2, 0.25) is 0 Å². The molecule has 1 aromatic carbocycles. The lowest BCUT2D eigenvalue weighted by atomic mass is 10.1. The van der Waals surface area contributed by atoms with Gasteiger partial charge in [0.25, 0.3) is 0 Å². The van der Waals surface area contributed by atoms with Crippen molar-refractivity contribution >= 4 is 0 Å². The minimum atomic E-state index is -0.607. The molecule has 1 rings (SSSR count). The molecule has 0 amide bonds. The Labute approximate surface area is 96.0 Å². The Kier molecular flexibility index (Phi) is 5.25. The van der Waals surface area contributed by atoms with Gasteiger partial charge in [-0.25, -0.2) is 0 Å². The molecule has 0 fully saturated rings. The van der Waals surface area contributed by atoms with Gasteiger partial charge in [-0.2, -0.15) is 0 Å². The van der Waals surface area contributed by atoms with E-state index in [4.69, 9.17) is 15.2 Å². The van der Waals surface area contributed by atoms with Crippen LogP contribution in [0.15, 0.2) is 24.3 Å². The minimum Gasteiger partial charge on any atom is -0.491 e. The lowest BCUT2D eigenvalue weighted by Gasteiger charge is -2.13. The summed E-state index contributed by atoms with van der Waals surface area (Å²) in [7, 11) is 1.54. The van der Waals surface area contributed by atoms with Crippen LogP contribution < -0.4 is 10.5 Å². The summed E-state index contributed by atoms with van der Waals surface area (Å²) in [6.45, 7) is 2.40. The van der Waals surface area contributed by atoms with Gasteiger partial charge in [0, 0.05) is 13.2 Å². The molecule has 1 aromatic rings. The van der Waals surface area contributed by atoms with Crippen molar-refractivity contribution < 1.29 is 14.6 Å². The number of aliphatic hydroxyl groups is 1. The van der Waals surface area contributed by atoms with Gasteiger partial charge >= 0.3 is 0 Å². The molecule has 0 aromatic heterocycles. The molecule has 90 valence electrons. The standard InChI is InChI=1S/C12H19NO3/c1-9(13)10-4-3-5-12(6-10)16-8-11(14)7-15-2/h3-6,9,11,14H,7-8,13H2,1-2H3/t9-,11?/m1/s1. The maximum Gasteiger partial charge on any atom is 0.119 e. The molecule has 16 heavy (non-hydrogen) atoms. The van der Waals surface area contributed by atoms with Crippen LogP contribution in [-0.4, -0.2) is 31.5 Å². The summed E-state index contributed by atoms with van der Waals surface area (Å²) in [5.41, 5.74) is 6.77. The topological polar surface area (TPSA) is 64.7 Å². The summed E-state index contributed by atoms with van der Waals surface area (Å²) in [4.78, 5) is 0. The number of ether oxygens (including phenoxy) is 2. The zero-order chi connectivity index (χ0) is 12.0. The monoisotopic (exact) mass is 225 g/mol. The van der Waals surface area contributed by atoms with Crippen LogP contribution in [-0.2, 0) is 4.74 Å². The quantitative estimate of drug-likeness (QED) is 0.760. The molecular weight excluding hydrogens is 206 g/mol. The van der Waals surface area contributed by atoms with E-state index >= 15 is 0 Å². The number of nitrogens with two attached hydrogens (primary N) is 1. The van der Waals surface area contributed by atoms with Gasteiger partial charge in [-0.3, -0.25) is 0 Å². The summed E-state index contributed by atoms with van der Waals surface area (Å²) in [6.07, 6.45) is -0.607. The largest absolute Gasteiger partial charge is 0.491 e. The Balaban J connectivity index is 2.50. The lowest BCUT2D eigenvalue weighted by molar-refractivity contribution is 0.0325. The second kappa shape index (κ2) is 6.48. The fourth-order valence-corrected chi connectivity index (χ4v) is 1.32. The van der Waals surface area contributed by atoms with Gasteiger partial charge in [-0.15, -0.1) is 0 Å². The van der Waals surface area contributed by atoms with Crippen molar-refractivity contribution in [3.63, 3.8) is 0 Å². The third-order valence-corrected chi connectivity index (χ3v) is 2.19. The summed E-state index contributed by atoms with van der Waals surface area (Å²) < 4.78 is 10.2. The maximum absolute atomic E-state index is 9.41. The summed E-state index contributed by atoms with van der Waals surface area (Å²) in [5, 5.41) is 9.41. The first-order valence-corrected chi connectivity index (χ1v) is 5.29. The molecule has 4 nitrogen and oxygen atoms in total. The molecule has 2 atom stereocenters. The molecule has 1 unspecified atom stereocenters. The average molecular weight is 225 g/mol. The molecular formula is C12H19NO3. The van der Waals surface area contributed by atoms with Crippen molar-refractivity contribution in [1.82, 2.24) is 0 Å². The number of benzene rings is 1. The van der Waals surface area contributed by atoms with Crippen LogP contribution in [0.4, 0.5) is 0 Å². The van der Waals surface area contributed by atoms with Crippen molar-refractivity contribution in [2.45, 2.75) is 19.1 Å². The third kappa shape index (κ3) is 4.18. The molecule has 0 aliphatic carbocycles. The first kappa shape index (κ1) is 13.0. The van der Waals surface area contributed by atoms with Gasteiger partial charge in [0.1, 0.15) is 18.5 Å². The van der Waals surface area contributed by atoms with Crippen LogP contribution in [0.1, 0.15) is 18.5 Å². The molecule has 0 aliphatic rings. The predicted molar refractivity (Wildman–Crippen MR) is 62.4 cm³/mol. The van der Waals surface area contributed by atoms with Crippen LogP contribution >= 0.6 is 0 Å². The number of aliphatic hydroxyl groups excluding tert-OH is 1. The van der Waals surface area contributed by atoms with E-state index in [2.05, 4.69) is 0 Å². The molecule has 0 spiro atoms. The molecule has 0 saturated carbocycles. The van der Waals surface area contributed by atoms with Crippen LogP contribution in [0.25, 0.3) is 0 Å². The molecule has 0 heterocycles. The van der Waals surface area contributed by atoms with E-state index in [9.17, 15) is 5.11 Å². The first-order valence-electron chi connectivity index (χ1n) is 5.29. The second-order valence-electron chi connectivity index (χ2n) is 3.78. The highest BCUT2D eigenvalue weighted by molar-refractivity contribution is 5.30. The second-order valence-corrected chi connectivity index (χ2v) is 3.78. The Morgan fingerprint density at radius 3 is 2.75 bits per heavy atom. The number of hydrogen-bond acceptors (Lipinski definition) is 4. The molecule has 0 radical (unpaired) electrons. The third-order valence-electron chi connectivity index (χ3n) is 2.19. The van der Waals surface area contributed by atoms with Crippen molar-refractivity contribution in [3.8, 4) is 5.75 Å². The van der Waals surface area contributed by atoms with Gasteiger partial charge < -0.3 is 20.3 Å². The number of methoxy groups -OCH3 is 1. The Bertz CT molecular complexity index is 315. The highest BCUT2D eigenvalue weighted by Crippen LogP contribution is 2.17. The van der Waals surface area contributed by atoms with E-state index in [1.165, 1.54) is 0 Å².